The van der Waals surface area contributed by atoms with Gasteiger partial charge in [-0.25, -0.2) is 21.2 Å². The van der Waals surface area contributed by atoms with Crippen molar-refractivity contribution in [2.75, 3.05) is 36.8 Å². The Morgan fingerprint density at radius 1 is 0.852 bits per heavy atom. The van der Waals surface area contributed by atoms with E-state index < -0.39 is 25.7 Å². The van der Waals surface area contributed by atoms with Crippen LogP contribution in [0.4, 0.5) is 10.1 Å². The largest absolute Gasteiger partial charge is 0.368 e. The first-order valence-electron chi connectivity index (χ1n) is 8.59. The quantitative estimate of drug-likeness (QED) is 0.752. The number of benzene rings is 2. The maximum Gasteiger partial charge on any atom is 0.246 e. The molecule has 2 aromatic rings. The first kappa shape index (κ1) is 19.8. The predicted molar refractivity (Wildman–Crippen MR) is 102 cm³/mol. The highest BCUT2D eigenvalue weighted by molar-refractivity contribution is 7.91. The van der Waals surface area contributed by atoms with Gasteiger partial charge in [0.2, 0.25) is 10.0 Å². The molecule has 2 aromatic carbocycles. The zero-order valence-electron chi connectivity index (χ0n) is 14.9. The lowest BCUT2D eigenvalue weighted by Gasteiger charge is -2.36. The molecule has 6 nitrogen and oxygen atoms in total. The maximum absolute atomic E-state index is 13.9. The van der Waals surface area contributed by atoms with Gasteiger partial charge in [-0.15, -0.1) is 0 Å². The van der Waals surface area contributed by atoms with Gasteiger partial charge in [-0.05, 0) is 24.3 Å². The second-order valence-corrected chi connectivity index (χ2v) is 10.3. The van der Waals surface area contributed by atoms with Crippen LogP contribution >= 0.6 is 0 Å². The number of para-hydroxylation sites is 1. The van der Waals surface area contributed by atoms with Crippen molar-refractivity contribution in [3.05, 3.63) is 54.3 Å². The fraction of sp³-hybridized carbons (Fsp3) is 0.333. The van der Waals surface area contributed by atoms with Crippen molar-refractivity contribution in [1.29, 1.82) is 0 Å². The Balaban J connectivity index is 1.82. The summed E-state index contributed by atoms with van der Waals surface area (Å²) < 4.78 is 65.2. The Labute approximate surface area is 159 Å². The molecule has 146 valence electrons. The summed E-state index contributed by atoms with van der Waals surface area (Å²) in [6, 6.07) is 12.0. The number of piperazine rings is 1. The number of sulfone groups is 1. The highest BCUT2D eigenvalue weighted by atomic mass is 32.2. The molecular weight excluding hydrogens is 391 g/mol. The van der Waals surface area contributed by atoms with Crippen LogP contribution in [0, 0.1) is 5.82 Å². The lowest BCUT2D eigenvalue weighted by molar-refractivity contribution is 0.381. The van der Waals surface area contributed by atoms with Crippen LogP contribution in [0.2, 0.25) is 0 Å². The lowest BCUT2D eigenvalue weighted by Crippen LogP contribution is -2.49. The van der Waals surface area contributed by atoms with Gasteiger partial charge in [0.15, 0.2) is 9.84 Å². The monoisotopic (exact) mass is 412 g/mol. The van der Waals surface area contributed by atoms with Gasteiger partial charge in [-0.3, -0.25) is 0 Å². The normalized spacial score (nSPS) is 16.4. The number of halogens is 1. The van der Waals surface area contributed by atoms with E-state index in [0.717, 1.165) is 6.07 Å². The van der Waals surface area contributed by atoms with E-state index in [9.17, 15) is 21.2 Å². The molecule has 0 aromatic heterocycles. The third kappa shape index (κ3) is 3.85. The summed E-state index contributed by atoms with van der Waals surface area (Å²) in [5.41, 5.74) is 0.572. The first-order chi connectivity index (χ1) is 12.8. The minimum atomic E-state index is -3.93. The summed E-state index contributed by atoms with van der Waals surface area (Å²) in [5, 5.41) is 0. The van der Waals surface area contributed by atoms with Gasteiger partial charge in [0, 0.05) is 26.2 Å². The zero-order chi connectivity index (χ0) is 19.7. The predicted octanol–water partition coefficient (Wildman–Crippen LogP) is 2.13. The molecule has 0 radical (unpaired) electrons. The molecule has 0 N–H and O–H groups in total. The highest BCUT2D eigenvalue weighted by Gasteiger charge is 2.31. The fourth-order valence-electron chi connectivity index (χ4n) is 3.10. The third-order valence-corrected chi connectivity index (χ3v) is 8.32. The van der Waals surface area contributed by atoms with Crippen molar-refractivity contribution in [3.63, 3.8) is 0 Å². The molecule has 9 heteroatoms. The van der Waals surface area contributed by atoms with E-state index in [1.807, 2.05) is 4.90 Å². The van der Waals surface area contributed by atoms with Crippen LogP contribution in [-0.4, -0.2) is 53.1 Å². The van der Waals surface area contributed by atoms with Crippen LogP contribution in [0.25, 0.3) is 0 Å². The summed E-state index contributed by atoms with van der Waals surface area (Å²) in [4.78, 5) is 1.76. The molecule has 1 aliphatic rings. The van der Waals surface area contributed by atoms with Crippen molar-refractivity contribution in [1.82, 2.24) is 4.31 Å². The van der Waals surface area contributed by atoms with Gasteiger partial charge in [0.05, 0.1) is 16.3 Å². The van der Waals surface area contributed by atoms with E-state index in [4.69, 9.17) is 0 Å². The van der Waals surface area contributed by atoms with Gasteiger partial charge in [-0.1, -0.05) is 31.2 Å². The van der Waals surface area contributed by atoms with Gasteiger partial charge in [-0.2, -0.15) is 4.31 Å². The molecule has 0 aliphatic carbocycles. The Hall–Kier alpha value is -1.97. The third-order valence-electron chi connectivity index (χ3n) is 4.61. The molecule has 1 saturated heterocycles. The van der Waals surface area contributed by atoms with E-state index in [0.29, 0.717) is 18.8 Å². The van der Waals surface area contributed by atoms with Crippen molar-refractivity contribution >= 4 is 25.5 Å². The number of anilines is 1. The molecule has 0 unspecified atom stereocenters. The SMILES string of the molecule is CCS(=O)(=O)c1ccccc1N1CCN(S(=O)(=O)c2ccccc2F)CC1. The number of hydrogen-bond acceptors (Lipinski definition) is 5. The van der Waals surface area contributed by atoms with Crippen molar-refractivity contribution in [3.8, 4) is 0 Å². The van der Waals surface area contributed by atoms with Gasteiger partial charge in [0.1, 0.15) is 10.7 Å². The van der Waals surface area contributed by atoms with E-state index >= 15 is 0 Å². The van der Waals surface area contributed by atoms with E-state index in [2.05, 4.69) is 0 Å². The standard InChI is InChI=1S/C18H21FN2O4S2/c1-2-26(22,23)18-10-6-4-8-16(18)20-11-13-21(14-12-20)27(24,25)17-9-5-3-7-15(17)19/h3-10H,2,11-14H2,1H3. The van der Waals surface area contributed by atoms with Crippen molar-refractivity contribution < 1.29 is 21.2 Å². The summed E-state index contributed by atoms with van der Waals surface area (Å²) in [6.07, 6.45) is 0. The van der Waals surface area contributed by atoms with Crippen LogP contribution in [0.3, 0.4) is 0 Å². The van der Waals surface area contributed by atoms with Crippen LogP contribution in [0.15, 0.2) is 58.3 Å². The molecule has 1 aliphatic heterocycles. The van der Waals surface area contributed by atoms with Gasteiger partial charge < -0.3 is 4.90 Å². The van der Waals surface area contributed by atoms with Crippen LogP contribution in [0.1, 0.15) is 6.92 Å². The average molecular weight is 413 g/mol. The molecule has 0 spiro atoms. The summed E-state index contributed by atoms with van der Waals surface area (Å²) in [6.45, 7) is 2.53. The lowest BCUT2D eigenvalue weighted by atomic mass is 10.2. The van der Waals surface area contributed by atoms with E-state index in [1.165, 1.54) is 22.5 Å². The second kappa shape index (κ2) is 7.57. The molecule has 27 heavy (non-hydrogen) atoms. The Bertz CT molecular complexity index is 1030. The molecule has 1 fully saturated rings. The zero-order valence-corrected chi connectivity index (χ0v) is 16.5. The topological polar surface area (TPSA) is 74.8 Å². The number of rotatable bonds is 5. The molecule has 3 rings (SSSR count). The Kier molecular flexibility index (Phi) is 5.55. The smallest absolute Gasteiger partial charge is 0.246 e. The van der Waals surface area contributed by atoms with E-state index in [-0.39, 0.29) is 28.6 Å². The summed E-state index contributed by atoms with van der Waals surface area (Å²) >= 11 is 0. The van der Waals surface area contributed by atoms with Gasteiger partial charge in [0.25, 0.3) is 0 Å². The summed E-state index contributed by atoms with van der Waals surface area (Å²) in [5.74, 6) is -0.787. The fourth-order valence-corrected chi connectivity index (χ4v) is 5.70. The number of sulfonamides is 1. The Morgan fingerprint density at radius 2 is 1.41 bits per heavy atom. The first-order valence-corrected chi connectivity index (χ1v) is 11.7. The highest BCUT2D eigenvalue weighted by Crippen LogP contribution is 2.28. The molecule has 0 amide bonds. The van der Waals surface area contributed by atoms with Crippen LogP contribution < -0.4 is 4.90 Å². The maximum atomic E-state index is 13.9. The molecule has 0 saturated carbocycles. The van der Waals surface area contributed by atoms with Gasteiger partial charge >= 0.3 is 0 Å². The minimum absolute atomic E-state index is 0.00829. The Morgan fingerprint density at radius 3 is 2.00 bits per heavy atom. The summed E-state index contributed by atoms with van der Waals surface area (Å²) in [7, 11) is -7.32. The number of hydrogen-bond donors (Lipinski definition) is 0. The average Bonchev–Trinajstić information content (AvgIpc) is 2.68. The van der Waals surface area contributed by atoms with E-state index in [1.54, 1.807) is 31.2 Å². The molecular formula is C18H21FN2O4S2. The molecule has 0 bridgehead atoms. The van der Waals surface area contributed by atoms with Crippen molar-refractivity contribution in [2.45, 2.75) is 16.7 Å². The van der Waals surface area contributed by atoms with Crippen LogP contribution in [0.5, 0.6) is 0 Å². The van der Waals surface area contributed by atoms with Crippen molar-refractivity contribution in [2.24, 2.45) is 0 Å². The molecule has 0 atom stereocenters. The number of nitrogens with zero attached hydrogens (tertiary/aromatic N) is 2. The molecule has 1 heterocycles. The minimum Gasteiger partial charge on any atom is -0.368 e. The second-order valence-electron chi connectivity index (χ2n) is 6.19. The van der Waals surface area contributed by atoms with Crippen LogP contribution in [-0.2, 0) is 19.9 Å².